The van der Waals surface area contributed by atoms with Gasteiger partial charge in [-0.1, -0.05) is 12.1 Å². The molecular formula is C9H9F3N2O3. The second-order valence-electron chi connectivity index (χ2n) is 3.09. The Balaban J connectivity index is 3.23. The topological polar surface area (TPSA) is 66.6 Å². The average Bonchev–Trinajstić information content (AvgIpc) is 2.24. The third-order valence-electron chi connectivity index (χ3n) is 2.00. The third kappa shape index (κ3) is 3.06. The number of para-hydroxylation sites is 2. The molecular weight excluding hydrogens is 241 g/mol. The van der Waals surface area contributed by atoms with Gasteiger partial charge in [0.25, 0.3) is 5.69 Å². The zero-order chi connectivity index (χ0) is 13.1. The molecule has 0 unspecified atom stereocenters. The minimum Gasteiger partial charge on any atom is -0.395 e. The van der Waals surface area contributed by atoms with E-state index in [-0.39, 0.29) is 4.90 Å². The highest BCUT2D eigenvalue weighted by Gasteiger charge is 2.39. The van der Waals surface area contributed by atoms with Crippen LogP contribution in [-0.4, -0.2) is 29.5 Å². The van der Waals surface area contributed by atoms with Crippen LogP contribution in [-0.2, 0) is 0 Å². The molecule has 1 aromatic rings. The van der Waals surface area contributed by atoms with E-state index in [1.165, 1.54) is 12.1 Å². The molecule has 0 heterocycles. The van der Waals surface area contributed by atoms with Crippen molar-refractivity contribution in [2.45, 2.75) is 6.30 Å². The van der Waals surface area contributed by atoms with E-state index in [9.17, 15) is 23.3 Å². The molecule has 0 saturated heterocycles. The molecule has 94 valence electrons. The Labute approximate surface area is 94.2 Å². The highest BCUT2D eigenvalue weighted by Crippen LogP contribution is 2.34. The molecule has 0 radical (unpaired) electrons. The van der Waals surface area contributed by atoms with E-state index in [0.29, 0.717) is 0 Å². The van der Waals surface area contributed by atoms with Crippen molar-refractivity contribution in [2.75, 3.05) is 18.1 Å². The molecule has 0 aromatic heterocycles. The van der Waals surface area contributed by atoms with Crippen molar-refractivity contribution >= 4 is 11.4 Å². The first kappa shape index (κ1) is 13.2. The summed E-state index contributed by atoms with van der Waals surface area (Å²) in [6.45, 7) is -1.51. The van der Waals surface area contributed by atoms with Gasteiger partial charge in [-0.25, -0.2) is 0 Å². The third-order valence-corrected chi connectivity index (χ3v) is 2.00. The van der Waals surface area contributed by atoms with E-state index in [1.54, 1.807) is 0 Å². The summed E-state index contributed by atoms with van der Waals surface area (Å²) >= 11 is 0. The number of anilines is 1. The number of aliphatic hydroxyl groups is 1. The summed E-state index contributed by atoms with van der Waals surface area (Å²) in [7, 11) is 0. The minimum atomic E-state index is -4.78. The fraction of sp³-hybridized carbons (Fsp3) is 0.333. The number of halogens is 3. The predicted molar refractivity (Wildman–Crippen MR) is 53.6 cm³/mol. The van der Waals surface area contributed by atoms with Crippen molar-refractivity contribution in [3.05, 3.63) is 34.4 Å². The van der Waals surface area contributed by atoms with Crippen molar-refractivity contribution in [2.24, 2.45) is 0 Å². The van der Waals surface area contributed by atoms with E-state index in [4.69, 9.17) is 5.11 Å². The molecule has 0 aliphatic rings. The Morgan fingerprint density at radius 1 is 1.35 bits per heavy atom. The lowest BCUT2D eigenvalue weighted by Gasteiger charge is -2.25. The van der Waals surface area contributed by atoms with Gasteiger partial charge >= 0.3 is 6.30 Å². The van der Waals surface area contributed by atoms with Gasteiger partial charge in [-0.05, 0) is 6.07 Å². The Hall–Kier alpha value is -1.83. The predicted octanol–water partition coefficient (Wildman–Crippen LogP) is 1.91. The first-order chi connectivity index (χ1) is 7.88. The second kappa shape index (κ2) is 5.00. The van der Waals surface area contributed by atoms with Crippen LogP contribution >= 0.6 is 0 Å². The first-order valence-electron chi connectivity index (χ1n) is 4.56. The van der Waals surface area contributed by atoms with Gasteiger partial charge in [0.15, 0.2) is 0 Å². The number of nitrogens with zero attached hydrogens (tertiary/aromatic N) is 2. The molecule has 8 heteroatoms. The van der Waals surface area contributed by atoms with E-state index in [0.717, 1.165) is 12.1 Å². The summed E-state index contributed by atoms with van der Waals surface area (Å²) in [6, 6.07) is 4.50. The number of aliphatic hydroxyl groups excluding tert-OH is 1. The van der Waals surface area contributed by atoms with Crippen LogP contribution < -0.4 is 4.90 Å². The van der Waals surface area contributed by atoms with Crippen molar-refractivity contribution < 1.29 is 23.2 Å². The molecule has 1 aromatic carbocycles. The van der Waals surface area contributed by atoms with Gasteiger partial charge in [-0.2, -0.15) is 13.2 Å². The summed E-state index contributed by atoms with van der Waals surface area (Å²) in [4.78, 5) is 9.55. The fourth-order valence-corrected chi connectivity index (χ4v) is 1.33. The van der Waals surface area contributed by atoms with Crippen molar-refractivity contribution in [1.82, 2.24) is 0 Å². The second-order valence-corrected chi connectivity index (χ2v) is 3.09. The van der Waals surface area contributed by atoms with Crippen LogP contribution in [0, 0.1) is 10.1 Å². The van der Waals surface area contributed by atoms with Crippen LogP contribution in [0.15, 0.2) is 24.3 Å². The lowest BCUT2D eigenvalue weighted by atomic mass is 10.2. The highest BCUT2D eigenvalue weighted by molar-refractivity contribution is 5.63. The molecule has 0 aliphatic heterocycles. The van der Waals surface area contributed by atoms with Crippen LogP contribution in [0.5, 0.6) is 0 Å². The van der Waals surface area contributed by atoms with Gasteiger partial charge in [0.05, 0.1) is 11.5 Å². The number of benzene rings is 1. The molecule has 0 aliphatic carbocycles. The van der Waals surface area contributed by atoms with Gasteiger partial charge < -0.3 is 5.11 Å². The SMILES string of the molecule is O=[N+]([O-])c1ccccc1N(CCO)C(F)(F)F. The fourth-order valence-electron chi connectivity index (χ4n) is 1.33. The van der Waals surface area contributed by atoms with Crippen molar-refractivity contribution in [3.8, 4) is 0 Å². The summed E-state index contributed by atoms with van der Waals surface area (Å²) in [6.07, 6.45) is -4.78. The molecule has 0 atom stereocenters. The van der Waals surface area contributed by atoms with E-state index in [2.05, 4.69) is 0 Å². The quantitative estimate of drug-likeness (QED) is 0.503. The molecule has 0 saturated carbocycles. The largest absolute Gasteiger partial charge is 0.485 e. The zero-order valence-corrected chi connectivity index (χ0v) is 8.52. The molecule has 0 spiro atoms. The number of alkyl halides is 3. The maximum absolute atomic E-state index is 12.6. The zero-order valence-electron chi connectivity index (χ0n) is 8.52. The van der Waals surface area contributed by atoms with Crippen LogP contribution in [0.4, 0.5) is 24.5 Å². The molecule has 0 amide bonds. The summed E-state index contributed by atoms with van der Waals surface area (Å²) in [5.74, 6) is 0. The van der Waals surface area contributed by atoms with Crippen LogP contribution in [0.25, 0.3) is 0 Å². The Bertz CT molecular complexity index is 409. The molecule has 5 nitrogen and oxygen atoms in total. The summed E-state index contributed by atoms with van der Waals surface area (Å²) in [5, 5.41) is 19.2. The van der Waals surface area contributed by atoms with Crippen LogP contribution in [0.3, 0.4) is 0 Å². The first-order valence-corrected chi connectivity index (χ1v) is 4.56. The number of nitro benzene ring substituents is 1. The molecule has 17 heavy (non-hydrogen) atoms. The summed E-state index contributed by atoms with van der Waals surface area (Å²) in [5.41, 5.74) is -1.24. The Kier molecular flexibility index (Phi) is 3.89. The lowest BCUT2D eigenvalue weighted by molar-refractivity contribution is -0.384. The monoisotopic (exact) mass is 250 g/mol. The number of nitro groups is 1. The normalized spacial score (nSPS) is 11.3. The molecule has 1 rings (SSSR count). The van der Waals surface area contributed by atoms with E-state index in [1.807, 2.05) is 0 Å². The Morgan fingerprint density at radius 2 is 1.94 bits per heavy atom. The maximum Gasteiger partial charge on any atom is 0.485 e. The van der Waals surface area contributed by atoms with Crippen LogP contribution in [0.2, 0.25) is 0 Å². The summed E-state index contributed by atoms with van der Waals surface area (Å²) < 4.78 is 37.9. The van der Waals surface area contributed by atoms with E-state index < -0.39 is 35.7 Å². The van der Waals surface area contributed by atoms with Crippen molar-refractivity contribution in [1.29, 1.82) is 0 Å². The van der Waals surface area contributed by atoms with Gasteiger partial charge in [0, 0.05) is 12.6 Å². The van der Waals surface area contributed by atoms with Gasteiger partial charge in [0.2, 0.25) is 0 Å². The minimum absolute atomic E-state index is 0.162. The highest BCUT2D eigenvalue weighted by atomic mass is 19.4. The smallest absolute Gasteiger partial charge is 0.395 e. The number of rotatable bonds is 4. The van der Waals surface area contributed by atoms with E-state index >= 15 is 0 Å². The molecule has 1 N–H and O–H groups in total. The average molecular weight is 250 g/mol. The maximum atomic E-state index is 12.6. The van der Waals surface area contributed by atoms with Gasteiger partial charge in [0.1, 0.15) is 5.69 Å². The Morgan fingerprint density at radius 3 is 2.41 bits per heavy atom. The van der Waals surface area contributed by atoms with Gasteiger partial charge in [-0.3, -0.25) is 15.0 Å². The molecule has 0 fully saturated rings. The lowest BCUT2D eigenvalue weighted by Crippen LogP contribution is -2.40. The van der Waals surface area contributed by atoms with Crippen molar-refractivity contribution in [3.63, 3.8) is 0 Å². The van der Waals surface area contributed by atoms with Gasteiger partial charge in [-0.15, -0.1) is 0 Å². The molecule has 0 bridgehead atoms. The van der Waals surface area contributed by atoms with Crippen LogP contribution in [0.1, 0.15) is 0 Å². The number of hydrogen-bond acceptors (Lipinski definition) is 4. The standard InChI is InChI=1S/C9H9F3N2O3/c10-9(11,12)13(5-6-15)7-3-1-2-4-8(7)14(16)17/h1-4,15H,5-6H2. The number of hydrogen-bond donors (Lipinski definition) is 1.